The number of para-hydroxylation sites is 3. The molecule has 0 atom stereocenters. The van der Waals surface area contributed by atoms with Crippen LogP contribution < -0.4 is 14.5 Å². The van der Waals surface area contributed by atoms with E-state index in [-0.39, 0.29) is 37.3 Å². The summed E-state index contributed by atoms with van der Waals surface area (Å²) in [6.07, 6.45) is 2.90. The number of hydrogen-bond acceptors (Lipinski definition) is 4. The number of nitrogens with zero attached hydrogens (tertiary/aromatic N) is 4. The van der Waals surface area contributed by atoms with Crippen LogP contribution in [0, 0.1) is 24.7 Å². The average molecular weight is 1070 g/mol. The zero-order chi connectivity index (χ0) is 46.7. The molecule has 0 saturated heterocycles. The minimum atomic E-state index is -0.262. The van der Waals surface area contributed by atoms with Crippen molar-refractivity contribution >= 4 is 44.6 Å². The number of pyridine rings is 1. The molecular formula is C62H59N4OPt-3. The first-order valence-corrected chi connectivity index (χ1v) is 23.6. The maximum atomic E-state index is 6.88. The van der Waals surface area contributed by atoms with E-state index in [1.54, 1.807) is 0 Å². The Bertz CT molecular complexity index is 3180. The fourth-order valence-electron chi connectivity index (χ4n) is 9.64. The third-order valence-electron chi connectivity index (χ3n) is 13.7. The quantitative estimate of drug-likeness (QED) is 0.121. The van der Waals surface area contributed by atoms with Crippen molar-refractivity contribution < 1.29 is 25.8 Å². The summed E-state index contributed by atoms with van der Waals surface area (Å²) >= 11 is 0. The van der Waals surface area contributed by atoms with Gasteiger partial charge in [-0.15, -0.1) is 53.6 Å². The van der Waals surface area contributed by atoms with Crippen LogP contribution in [0.2, 0.25) is 0 Å². The first kappa shape index (κ1) is 46.7. The predicted octanol–water partition coefficient (Wildman–Crippen LogP) is 16.1. The molecule has 0 bridgehead atoms. The third-order valence-corrected chi connectivity index (χ3v) is 13.7. The van der Waals surface area contributed by atoms with Crippen LogP contribution in [0.3, 0.4) is 0 Å². The monoisotopic (exact) mass is 1070 g/mol. The Kier molecular flexibility index (Phi) is 12.5. The second kappa shape index (κ2) is 18.2. The Labute approximate surface area is 417 Å². The minimum absolute atomic E-state index is 0. The number of ether oxygens (including phenoxy) is 1. The van der Waals surface area contributed by atoms with Gasteiger partial charge in [-0.1, -0.05) is 165 Å². The molecule has 0 amide bonds. The van der Waals surface area contributed by atoms with Crippen LogP contribution in [0.5, 0.6) is 11.5 Å². The molecule has 68 heavy (non-hydrogen) atoms. The Hall–Kier alpha value is -6.42. The molecule has 346 valence electrons. The molecule has 0 N–H and O–H groups in total. The van der Waals surface area contributed by atoms with Gasteiger partial charge in [-0.25, -0.2) is 4.98 Å². The number of hydrogen-bond donors (Lipinski definition) is 0. The van der Waals surface area contributed by atoms with E-state index in [1.165, 1.54) is 27.8 Å². The first-order chi connectivity index (χ1) is 32.1. The van der Waals surface area contributed by atoms with Crippen LogP contribution in [0.4, 0.5) is 22.7 Å². The first-order valence-electron chi connectivity index (χ1n) is 23.6. The molecular weight excluding hydrogens is 1010 g/mol. The Morgan fingerprint density at radius 3 is 1.79 bits per heavy atom. The van der Waals surface area contributed by atoms with Gasteiger partial charge in [-0.2, -0.15) is 6.07 Å². The molecule has 0 radical (unpaired) electrons. The fourth-order valence-corrected chi connectivity index (χ4v) is 9.64. The Morgan fingerprint density at radius 2 is 1.16 bits per heavy atom. The second-order valence-electron chi connectivity index (χ2n) is 20.6. The summed E-state index contributed by atoms with van der Waals surface area (Å²) in [5, 5.41) is 2.25. The van der Waals surface area contributed by atoms with E-state index >= 15 is 0 Å². The summed E-state index contributed by atoms with van der Waals surface area (Å²) in [5.41, 5.74) is 12.9. The van der Waals surface area contributed by atoms with Gasteiger partial charge in [-0.3, -0.25) is 0 Å². The summed E-state index contributed by atoms with van der Waals surface area (Å²) in [6, 6.07) is 66.3. The van der Waals surface area contributed by atoms with Gasteiger partial charge in [-0.05, 0) is 93.4 Å². The van der Waals surface area contributed by atoms with Gasteiger partial charge >= 0.3 is 0 Å². The van der Waals surface area contributed by atoms with Crippen molar-refractivity contribution in [1.29, 1.82) is 0 Å². The topological polar surface area (TPSA) is 33.5 Å². The van der Waals surface area contributed by atoms with Crippen LogP contribution in [0.15, 0.2) is 170 Å². The Balaban J connectivity index is 0.00000578. The molecule has 0 spiro atoms. The van der Waals surface area contributed by atoms with Gasteiger partial charge in [0.25, 0.3) is 0 Å². The van der Waals surface area contributed by atoms with Crippen molar-refractivity contribution in [2.24, 2.45) is 5.92 Å². The largest absolute Gasteiger partial charge is 0.509 e. The van der Waals surface area contributed by atoms with E-state index in [4.69, 9.17) is 9.72 Å². The van der Waals surface area contributed by atoms with E-state index in [0.29, 0.717) is 17.4 Å². The fraction of sp³-hybridized carbons (Fsp3) is 0.226. The van der Waals surface area contributed by atoms with Crippen molar-refractivity contribution in [2.75, 3.05) is 9.80 Å². The standard InChI is InChI=1S/C62H59N4O.Pt/c1-42(2)32-43-30-31-63-59(33-43)66-55-25-17-16-24-53(55)54-29-28-51(40-58(54)66)67-52-38-46(60(3,4)5)35-50(39-52)65-41-64(56-26-18-19-27-57(56)65)49-36-47(61(6,7)44-20-12-10-13-21-44)34-48(37-49)62(8,9)45-22-14-11-15-23-45;/h10-31,33-38,41-42H,32H2,1-9H3;/q-3;. The summed E-state index contributed by atoms with van der Waals surface area (Å²) in [6.45, 7) is 22.8. The van der Waals surface area contributed by atoms with Gasteiger partial charge in [0.05, 0.1) is 0 Å². The summed E-state index contributed by atoms with van der Waals surface area (Å²) in [5.74, 6) is 2.65. The SMILES string of the molecule is CC(C)Cc1ccnc(-n2c3[c-]c(Oc4[c-]c(N5[CH-]N(c6cc(C(C)(C)c7ccccc7)cc(C(C)(C)c7ccccc7)c6)c6ccccc65)cc(C(C)(C)C)c4)ccc3c3ccccc32)c1.[Pt]. The van der Waals surface area contributed by atoms with Gasteiger partial charge in [0.2, 0.25) is 0 Å². The van der Waals surface area contributed by atoms with Gasteiger partial charge in [0.1, 0.15) is 5.82 Å². The van der Waals surface area contributed by atoms with Crippen molar-refractivity contribution in [2.45, 2.75) is 85.0 Å². The van der Waals surface area contributed by atoms with Gasteiger partial charge in [0.15, 0.2) is 0 Å². The molecule has 3 heterocycles. The maximum absolute atomic E-state index is 6.88. The van der Waals surface area contributed by atoms with Crippen molar-refractivity contribution in [3.05, 3.63) is 222 Å². The smallest absolute Gasteiger partial charge is 0.135 e. The normalized spacial score (nSPS) is 13.0. The van der Waals surface area contributed by atoms with E-state index in [0.717, 1.165) is 62.4 Å². The molecule has 7 aromatic carbocycles. The molecule has 5 nitrogen and oxygen atoms in total. The summed E-state index contributed by atoms with van der Waals surface area (Å²) in [7, 11) is 0. The molecule has 1 aliphatic heterocycles. The van der Waals surface area contributed by atoms with E-state index in [1.807, 2.05) is 12.3 Å². The van der Waals surface area contributed by atoms with E-state index in [9.17, 15) is 0 Å². The number of fused-ring (bicyclic) bond motifs is 4. The molecule has 2 aromatic heterocycles. The van der Waals surface area contributed by atoms with Crippen molar-refractivity contribution in [1.82, 2.24) is 9.55 Å². The maximum Gasteiger partial charge on any atom is 0.135 e. The predicted molar refractivity (Wildman–Crippen MR) is 279 cm³/mol. The van der Waals surface area contributed by atoms with Crippen LogP contribution in [-0.4, -0.2) is 9.55 Å². The second-order valence-corrected chi connectivity index (χ2v) is 20.6. The minimum Gasteiger partial charge on any atom is -0.509 e. The molecule has 0 unspecified atom stereocenters. The number of anilines is 4. The Morgan fingerprint density at radius 1 is 0.559 bits per heavy atom. The number of benzene rings is 7. The molecule has 6 heteroatoms. The van der Waals surface area contributed by atoms with Crippen LogP contribution >= 0.6 is 0 Å². The third kappa shape index (κ3) is 8.78. The molecule has 0 saturated carbocycles. The van der Waals surface area contributed by atoms with Gasteiger partial charge < -0.3 is 19.1 Å². The molecule has 0 aliphatic carbocycles. The zero-order valence-electron chi connectivity index (χ0n) is 40.5. The summed E-state index contributed by atoms with van der Waals surface area (Å²) < 4.78 is 9.09. The van der Waals surface area contributed by atoms with E-state index < -0.39 is 0 Å². The van der Waals surface area contributed by atoms with Crippen LogP contribution in [0.1, 0.15) is 95.7 Å². The summed E-state index contributed by atoms with van der Waals surface area (Å²) in [4.78, 5) is 9.49. The molecule has 9 aromatic rings. The number of aromatic nitrogens is 2. The molecule has 0 fully saturated rings. The van der Waals surface area contributed by atoms with E-state index in [2.05, 4.69) is 253 Å². The molecule has 1 aliphatic rings. The zero-order valence-corrected chi connectivity index (χ0v) is 42.8. The van der Waals surface area contributed by atoms with Crippen molar-refractivity contribution in [3.63, 3.8) is 0 Å². The van der Waals surface area contributed by atoms with Gasteiger partial charge in [0, 0.05) is 72.2 Å². The van der Waals surface area contributed by atoms with Crippen molar-refractivity contribution in [3.8, 4) is 17.3 Å². The molecule has 10 rings (SSSR count). The van der Waals surface area contributed by atoms with Crippen LogP contribution in [0.25, 0.3) is 27.6 Å². The average Bonchev–Trinajstić information content (AvgIpc) is 3.88. The number of rotatable bonds is 11. The van der Waals surface area contributed by atoms with Crippen LogP contribution in [-0.2, 0) is 43.7 Å².